The molecule has 1 aromatic rings. The van der Waals surface area contributed by atoms with Gasteiger partial charge in [-0.05, 0) is 30.7 Å². The third-order valence-electron chi connectivity index (χ3n) is 3.60. The van der Waals surface area contributed by atoms with Crippen LogP contribution in [0, 0.1) is 0 Å². The number of anilines is 2. The zero-order chi connectivity index (χ0) is 13.7. The summed E-state index contributed by atoms with van der Waals surface area (Å²) in [5, 5.41) is 6.40. The van der Waals surface area contributed by atoms with Gasteiger partial charge < -0.3 is 10.6 Å². The predicted octanol–water partition coefficient (Wildman–Crippen LogP) is 3.04. The van der Waals surface area contributed by atoms with E-state index in [9.17, 15) is 0 Å². The third kappa shape index (κ3) is 3.86. The minimum atomic E-state index is 0.212. The summed E-state index contributed by atoms with van der Waals surface area (Å²) in [7, 11) is 1.76. The monoisotopic (exact) mass is 301 g/mol. The molecule has 1 aromatic heterocycles. The summed E-state index contributed by atoms with van der Waals surface area (Å²) < 4.78 is 0.303. The van der Waals surface area contributed by atoms with Gasteiger partial charge in [0.05, 0.1) is 0 Å². The largest absolute Gasteiger partial charge is 0.357 e. The van der Waals surface area contributed by atoms with E-state index in [1.165, 1.54) is 32.1 Å². The van der Waals surface area contributed by atoms with Crippen molar-refractivity contribution in [3.05, 3.63) is 5.28 Å². The molecule has 2 N–H and O–H groups in total. The lowest BCUT2D eigenvalue weighted by Crippen LogP contribution is -2.36. The summed E-state index contributed by atoms with van der Waals surface area (Å²) >= 11 is 7.82. The van der Waals surface area contributed by atoms with Crippen LogP contribution < -0.4 is 10.6 Å². The number of hydrogen-bond donors (Lipinski definition) is 2. The number of nitrogens with one attached hydrogen (secondary N) is 2. The van der Waals surface area contributed by atoms with E-state index in [4.69, 9.17) is 11.6 Å². The fraction of sp³-hybridized carbons (Fsp3) is 0.750. The first-order chi connectivity index (χ1) is 9.17. The topological polar surface area (TPSA) is 62.7 Å². The number of thioether (sulfide) groups is 1. The molecule has 1 fully saturated rings. The minimum absolute atomic E-state index is 0.212. The lowest BCUT2D eigenvalue weighted by atomic mass is 9.88. The summed E-state index contributed by atoms with van der Waals surface area (Å²) in [4.78, 5) is 12.3. The van der Waals surface area contributed by atoms with Crippen LogP contribution in [0.2, 0.25) is 5.28 Å². The average molecular weight is 302 g/mol. The van der Waals surface area contributed by atoms with Gasteiger partial charge in [-0.2, -0.15) is 26.7 Å². The normalized spacial score (nSPS) is 18.1. The molecule has 1 heterocycles. The maximum Gasteiger partial charge on any atom is 0.228 e. The van der Waals surface area contributed by atoms with E-state index in [1.54, 1.807) is 7.05 Å². The second kappa shape index (κ2) is 6.61. The summed E-state index contributed by atoms with van der Waals surface area (Å²) in [5.41, 5.74) is 0. The molecule has 0 unspecified atom stereocenters. The van der Waals surface area contributed by atoms with Gasteiger partial charge in [0.1, 0.15) is 0 Å². The van der Waals surface area contributed by atoms with Crippen molar-refractivity contribution in [2.24, 2.45) is 0 Å². The third-order valence-corrected chi connectivity index (χ3v) is 5.19. The van der Waals surface area contributed by atoms with E-state index in [1.807, 2.05) is 11.8 Å². The van der Waals surface area contributed by atoms with Crippen LogP contribution in [0.3, 0.4) is 0 Å². The first-order valence-corrected chi connectivity index (χ1v) is 8.16. The van der Waals surface area contributed by atoms with Gasteiger partial charge in [-0.15, -0.1) is 0 Å². The first-order valence-electron chi connectivity index (χ1n) is 6.56. The molecule has 0 aliphatic heterocycles. The van der Waals surface area contributed by atoms with Crippen LogP contribution in [0.5, 0.6) is 0 Å². The maximum atomic E-state index is 5.87. The molecule has 0 bridgehead atoms. The van der Waals surface area contributed by atoms with E-state index in [0.29, 0.717) is 16.6 Å². The Labute approximate surface area is 123 Å². The number of nitrogens with zero attached hydrogens (tertiary/aromatic N) is 3. The molecule has 0 amide bonds. The van der Waals surface area contributed by atoms with Gasteiger partial charge in [0.25, 0.3) is 0 Å². The highest BCUT2D eigenvalue weighted by Gasteiger charge is 2.31. The zero-order valence-corrected chi connectivity index (χ0v) is 12.9. The predicted molar refractivity (Wildman–Crippen MR) is 82.2 cm³/mol. The fourth-order valence-electron chi connectivity index (χ4n) is 2.43. The van der Waals surface area contributed by atoms with Crippen LogP contribution in [0.15, 0.2) is 0 Å². The first kappa shape index (κ1) is 14.7. The molecule has 0 atom stereocenters. The van der Waals surface area contributed by atoms with Crippen LogP contribution in [-0.4, -0.2) is 39.5 Å². The van der Waals surface area contributed by atoms with Crippen molar-refractivity contribution < 1.29 is 0 Å². The van der Waals surface area contributed by atoms with E-state index >= 15 is 0 Å². The quantitative estimate of drug-likeness (QED) is 0.871. The molecular weight excluding hydrogens is 282 g/mol. The molecule has 7 heteroatoms. The SMILES string of the molecule is CNc1nc(Cl)nc(NCC2(SC)CCCCC2)n1. The van der Waals surface area contributed by atoms with Gasteiger partial charge >= 0.3 is 0 Å². The molecule has 0 saturated heterocycles. The average Bonchev–Trinajstić information content (AvgIpc) is 2.45. The molecule has 106 valence electrons. The fourth-order valence-corrected chi connectivity index (χ4v) is 3.50. The highest BCUT2D eigenvalue weighted by molar-refractivity contribution is 8.00. The molecule has 0 spiro atoms. The van der Waals surface area contributed by atoms with Crippen molar-refractivity contribution in [1.29, 1.82) is 0 Å². The van der Waals surface area contributed by atoms with Gasteiger partial charge in [-0.25, -0.2) is 0 Å². The van der Waals surface area contributed by atoms with Crippen LogP contribution in [-0.2, 0) is 0 Å². The Morgan fingerprint density at radius 3 is 2.47 bits per heavy atom. The smallest absolute Gasteiger partial charge is 0.228 e. The van der Waals surface area contributed by atoms with Crippen LogP contribution in [0.1, 0.15) is 32.1 Å². The number of halogens is 1. The van der Waals surface area contributed by atoms with Crippen molar-refractivity contribution in [3.8, 4) is 0 Å². The van der Waals surface area contributed by atoms with E-state index < -0.39 is 0 Å². The molecule has 1 aliphatic carbocycles. The van der Waals surface area contributed by atoms with E-state index in [0.717, 1.165) is 6.54 Å². The highest BCUT2D eigenvalue weighted by Crippen LogP contribution is 2.38. The molecule has 1 aliphatic rings. The highest BCUT2D eigenvalue weighted by atomic mass is 35.5. The van der Waals surface area contributed by atoms with Crippen molar-refractivity contribution in [2.75, 3.05) is 30.5 Å². The summed E-state index contributed by atoms with van der Waals surface area (Å²) in [5.74, 6) is 1.03. The Hall–Kier alpha value is -0.750. The Bertz CT molecular complexity index is 423. The number of rotatable bonds is 5. The van der Waals surface area contributed by atoms with Crippen molar-refractivity contribution in [3.63, 3.8) is 0 Å². The number of aromatic nitrogens is 3. The summed E-state index contributed by atoms with van der Waals surface area (Å²) in [6.45, 7) is 0.873. The van der Waals surface area contributed by atoms with Crippen LogP contribution in [0.4, 0.5) is 11.9 Å². The molecule has 2 rings (SSSR count). The van der Waals surface area contributed by atoms with Gasteiger partial charge in [-0.1, -0.05) is 19.3 Å². The Kier molecular flexibility index (Phi) is 5.10. The van der Waals surface area contributed by atoms with Gasteiger partial charge in [0.2, 0.25) is 17.2 Å². The standard InChI is InChI=1S/C12H20ClN5S/c1-14-10-16-9(13)17-11(18-10)15-8-12(19-2)6-4-3-5-7-12/h3-8H2,1-2H3,(H2,14,15,16,17,18). The summed E-state index contributed by atoms with van der Waals surface area (Å²) in [6, 6.07) is 0. The van der Waals surface area contributed by atoms with Gasteiger partial charge in [0.15, 0.2) is 0 Å². The lowest BCUT2D eigenvalue weighted by Gasteiger charge is -2.35. The maximum absolute atomic E-state index is 5.87. The molecular formula is C12H20ClN5S. The Morgan fingerprint density at radius 1 is 1.16 bits per heavy atom. The van der Waals surface area contributed by atoms with E-state index in [-0.39, 0.29) is 5.28 Å². The van der Waals surface area contributed by atoms with Gasteiger partial charge in [-0.3, -0.25) is 0 Å². The van der Waals surface area contributed by atoms with Gasteiger partial charge in [0, 0.05) is 18.3 Å². The molecule has 5 nitrogen and oxygen atoms in total. The second-order valence-corrected chi connectivity index (χ2v) is 6.42. The van der Waals surface area contributed by atoms with Crippen LogP contribution in [0.25, 0.3) is 0 Å². The van der Waals surface area contributed by atoms with Crippen LogP contribution >= 0.6 is 23.4 Å². The Balaban J connectivity index is 2.02. The summed E-state index contributed by atoms with van der Waals surface area (Å²) in [6.07, 6.45) is 8.65. The Morgan fingerprint density at radius 2 is 1.84 bits per heavy atom. The molecule has 0 radical (unpaired) electrons. The minimum Gasteiger partial charge on any atom is -0.357 e. The van der Waals surface area contributed by atoms with E-state index in [2.05, 4.69) is 31.8 Å². The molecule has 19 heavy (non-hydrogen) atoms. The van der Waals surface area contributed by atoms with Crippen molar-refractivity contribution in [1.82, 2.24) is 15.0 Å². The second-order valence-electron chi connectivity index (χ2n) is 4.80. The molecule has 0 aromatic carbocycles. The van der Waals surface area contributed by atoms with Crippen molar-refractivity contribution >= 4 is 35.3 Å². The zero-order valence-electron chi connectivity index (χ0n) is 11.4. The number of hydrogen-bond acceptors (Lipinski definition) is 6. The van der Waals surface area contributed by atoms with Crippen molar-refractivity contribution in [2.45, 2.75) is 36.9 Å². The molecule has 1 saturated carbocycles. The lowest BCUT2D eigenvalue weighted by molar-refractivity contribution is 0.411.